The van der Waals surface area contributed by atoms with E-state index < -0.39 is 0 Å². The normalized spacial score (nSPS) is 17.3. The van der Waals surface area contributed by atoms with Crippen molar-refractivity contribution in [2.24, 2.45) is 7.05 Å². The number of aryl methyl sites for hydroxylation is 1. The molecule has 18 heavy (non-hydrogen) atoms. The molecule has 1 aliphatic heterocycles. The van der Waals surface area contributed by atoms with E-state index in [0.717, 1.165) is 12.2 Å². The van der Waals surface area contributed by atoms with Crippen LogP contribution in [0, 0.1) is 0 Å². The highest BCUT2D eigenvalue weighted by molar-refractivity contribution is 5.95. The van der Waals surface area contributed by atoms with Gasteiger partial charge in [0.1, 0.15) is 5.69 Å². The molecule has 1 aromatic heterocycles. The van der Waals surface area contributed by atoms with Gasteiger partial charge < -0.3 is 5.32 Å². The Kier molecular flexibility index (Phi) is 2.63. The molecule has 1 atom stereocenters. The van der Waals surface area contributed by atoms with Crippen LogP contribution >= 0.6 is 0 Å². The molecule has 1 N–H and O–H groups in total. The van der Waals surface area contributed by atoms with Gasteiger partial charge in [-0.15, -0.1) is 0 Å². The van der Waals surface area contributed by atoms with E-state index in [0.29, 0.717) is 12.1 Å². The number of carbonyl (C=O) groups excluding carboxylic acids is 1. The van der Waals surface area contributed by atoms with Crippen LogP contribution in [0.25, 0.3) is 0 Å². The Bertz CT molecular complexity index is 588. The quantitative estimate of drug-likeness (QED) is 0.838. The molecule has 0 aliphatic carbocycles. The highest BCUT2D eigenvalue weighted by atomic mass is 16.1. The summed E-state index contributed by atoms with van der Waals surface area (Å²) in [5.41, 5.74) is 3.08. The fourth-order valence-corrected chi connectivity index (χ4v) is 2.52. The number of nitrogens with zero attached hydrogens (tertiary/aromatic N) is 2. The van der Waals surface area contributed by atoms with E-state index in [2.05, 4.69) is 22.5 Å². The first-order valence-corrected chi connectivity index (χ1v) is 6.09. The average Bonchev–Trinajstić information content (AvgIpc) is 2.97. The standard InChI is InChI=1S/C14H15N3O/c1-17-13(6-7-16-17)14(18)8-10-9-15-12-5-3-2-4-11(10)12/h2-7,10,15H,8-9H2,1H3. The van der Waals surface area contributed by atoms with Crippen LogP contribution in [0.3, 0.4) is 0 Å². The maximum absolute atomic E-state index is 12.2. The van der Waals surface area contributed by atoms with Crippen molar-refractivity contribution in [1.82, 2.24) is 9.78 Å². The van der Waals surface area contributed by atoms with Crippen molar-refractivity contribution in [1.29, 1.82) is 0 Å². The van der Waals surface area contributed by atoms with Crippen molar-refractivity contribution in [3.8, 4) is 0 Å². The van der Waals surface area contributed by atoms with Crippen molar-refractivity contribution >= 4 is 11.5 Å². The fourth-order valence-electron chi connectivity index (χ4n) is 2.52. The van der Waals surface area contributed by atoms with Crippen molar-refractivity contribution in [3.05, 3.63) is 47.8 Å². The average molecular weight is 241 g/mol. The molecule has 0 fully saturated rings. The summed E-state index contributed by atoms with van der Waals surface area (Å²) >= 11 is 0. The summed E-state index contributed by atoms with van der Waals surface area (Å²) in [7, 11) is 1.80. The van der Waals surface area contributed by atoms with E-state index in [1.165, 1.54) is 5.56 Å². The van der Waals surface area contributed by atoms with E-state index >= 15 is 0 Å². The van der Waals surface area contributed by atoms with Gasteiger partial charge in [0.2, 0.25) is 0 Å². The highest BCUT2D eigenvalue weighted by Gasteiger charge is 2.25. The first-order valence-electron chi connectivity index (χ1n) is 6.09. The van der Waals surface area contributed by atoms with Crippen LogP contribution < -0.4 is 5.32 Å². The third kappa shape index (κ3) is 1.79. The molecule has 1 unspecified atom stereocenters. The summed E-state index contributed by atoms with van der Waals surface area (Å²) in [4.78, 5) is 12.2. The third-order valence-electron chi connectivity index (χ3n) is 3.48. The molecule has 4 nitrogen and oxygen atoms in total. The van der Waals surface area contributed by atoms with Gasteiger partial charge in [-0.25, -0.2) is 0 Å². The second-order valence-corrected chi connectivity index (χ2v) is 4.63. The minimum absolute atomic E-state index is 0.151. The van der Waals surface area contributed by atoms with Crippen LogP contribution in [0.15, 0.2) is 36.5 Å². The van der Waals surface area contributed by atoms with Crippen molar-refractivity contribution in [2.45, 2.75) is 12.3 Å². The summed E-state index contributed by atoms with van der Waals surface area (Å²) in [6.07, 6.45) is 2.19. The summed E-state index contributed by atoms with van der Waals surface area (Å²) in [6, 6.07) is 9.96. The lowest BCUT2D eigenvalue weighted by Gasteiger charge is -2.09. The number of anilines is 1. The Morgan fingerprint density at radius 2 is 2.28 bits per heavy atom. The molecule has 0 amide bonds. The zero-order chi connectivity index (χ0) is 12.5. The van der Waals surface area contributed by atoms with Gasteiger partial charge in [0.25, 0.3) is 0 Å². The Labute approximate surface area is 106 Å². The summed E-state index contributed by atoms with van der Waals surface area (Å²) in [6.45, 7) is 0.836. The third-order valence-corrected chi connectivity index (χ3v) is 3.48. The van der Waals surface area contributed by atoms with Gasteiger partial charge in [0, 0.05) is 37.8 Å². The van der Waals surface area contributed by atoms with E-state index in [-0.39, 0.29) is 11.7 Å². The van der Waals surface area contributed by atoms with Gasteiger partial charge >= 0.3 is 0 Å². The second kappa shape index (κ2) is 4.29. The zero-order valence-electron chi connectivity index (χ0n) is 10.3. The molecule has 2 heterocycles. The highest BCUT2D eigenvalue weighted by Crippen LogP contribution is 2.33. The van der Waals surface area contributed by atoms with Crippen molar-refractivity contribution < 1.29 is 4.79 Å². The predicted octanol–water partition coefficient (Wildman–Crippen LogP) is 2.20. The number of rotatable bonds is 3. The number of ketones is 1. The molecular weight excluding hydrogens is 226 g/mol. The molecule has 0 spiro atoms. The molecule has 0 saturated carbocycles. The smallest absolute Gasteiger partial charge is 0.181 e. The van der Waals surface area contributed by atoms with E-state index in [9.17, 15) is 4.79 Å². The number of nitrogens with one attached hydrogen (secondary N) is 1. The molecule has 92 valence electrons. The van der Waals surface area contributed by atoms with E-state index in [1.807, 2.05) is 12.1 Å². The topological polar surface area (TPSA) is 46.9 Å². The lowest BCUT2D eigenvalue weighted by atomic mass is 9.95. The molecule has 0 bridgehead atoms. The Hall–Kier alpha value is -2.10. The van der Waals surface area contributed by atoms with Crippen LogP contribution in [-0.4, -0.2) is 22.1 Å². The van der Waals surface area contributed by atoms with Crippen LogP contribution in [0.5, 0.6) is 0 Å². The van der Waals surface area contributed by atoms with Crippen molar-refractivity contribution in [3.63, 3.8) is 0 Å². The van der Waals surface area contributed by atoms with E-state index in [4.69, 9.17) is 0 Å². The zero-order valence-corrected chi connectivity index (χ0v) is 10.3. The van der Waals surface area contributed by atoms with Gasteiger partial charge in [-0.3, -0.25) is 9.48 Å². The molecule has 1 aliphatic rings. The van der Waals surface area contributed by atoms with Crippen LogP contribution in [0.1, 0.15) is 28.4 Å². The largest absolute Gasteiger partial charge is 0.384 e. The number of Topliss-reactive ketones (excluding diaryl/α,β-unsaturated/α-hetero) is 1. The maximum atomic E-state index is 12.2. The minimum atomic E-state index is 0.151. The molecular formula is C14H15N3O. The van der Waals surface area contributed by atoms with E-state index in [1.54, 1.807) is 24.0 Å². The van der Waals surface area contributed by atoms with Crippen LogP contribution in [-0.2, 0) is 7.05 Å². The summed E-state index contributed by atoms with van der Waals surface area (Å²) < 4.78 is 1.64. The Balaban J connectivity index is 1.79. The number of carbonyl (C=O) groups is 1. The SMILES string of the molecule is Cn1nccc1C(=O)CC1CNc2ccccc21. The predicted molar refractivity (Wildman–Crippen MR) is 69.8 cm³/mol. The number of fused-ring (bicyclic) bond motifs is 1. The lowest BCUT2D eigenvalue weighted by molar-refractivity contribution is 0.0966. The Morgan fingerprint density at radius 3 is 3.06 bits per heavy atom. The number of aromatic nitrogens is 2. The number of hydrogen-bond acceptors (Lipinski definition) is 3. The second-order valence-electron chi connectivity index (χ2n) is 4.63. The molecule has 1 aromatic carbocycles. The van der Waals surface area contributed by atoms with Gasteiger partial charge in [0.05, 0.1) is 0 Å². The van der Waals surface area contributed by atoms with Crippen LogP contribution in [0.4, 0.5) is 5.69 Å². The molecule has 0 saturated heterocycles. The minimum Gasteiger partial charge on any atom is -0.384 e. The summed E-state index contributed by atoms with van der Waals surface area (Å²) in [5, 5.41) is 7.38. The van der Waals surface area contributed by atoms with Crippen LogP contribution in [0.2, 0.25) is 0 Å². The maximum Gasteiger partial charge on any atom is 0.181 e. The number of hydrogen-bond donors (Lipinski definition) is 1. The van der Waals surface area contributed by atoms with Gasteiger partial charge in [-0.05, 0) is 17.7 Å². The molecule has 4 heteroatoms. The van der Waals surface area contributed by atoms with Gasteiger partial charge in [-0.1, -0.05) is 18.2 Å². The lowest BCUT2D eigenvalue weighted by Crippen LogP contribution is -2.12. The van der Waals surface area contributed by atoms with Gasteiger partial charge in [-0.2, -0.15) is 5.10 Å². The monoisotopic (exact) mass is 241 g/mol. The first kappa shape index (κ1) is 11.0. The number of para-hydroxylation sites is 1. The number of benzene rings is 1. The fraction of sp³-hybridized carbons (Fsp3) is 0.286. The summed E-state index contributed by atoms with van der Waals surface area (Å²) in [5.74, 6) is 0.419. The van der Waals surface area contributed by atoms with Gasteiger partial charge in [0.15, 0.2) is 5.78 Å². The van der Waals surface area contributed by atoms with Crippen molar-refractivity contribution in [2.75, 3.05) is 11.9 Å². The first-order chi connectivity index (χ1) is 8.75. The molecule has 3 rings (SSSR count). The molecule has 0 radical (unpaired) electrons. The molecule has 2 aromatic rings. The Morgan fingerprint density at radius 1 is 1.44 bits per heavy atom.